The van der Waals surface area contributed by atoms with Gasteiger partial charge in [-0.05, 0) is 13.8 Å². The molecule has 0 saturated heterocycles. The third-order valence-corrected chi connectivity index (χ3v) is 2.99. The van der Waals surface area contributed by atoms with Crippen LogP contribution in [-0.2, 0) is 0 Å². The molecule has 1 heterocycles. The van der Waals surface area contributed by atoms with E-state index in [0.717, 1.165) is 5.01 Å². The zero-order valence-corrected chi connectivity index (χ0v) is 10.2. The normalized spacial score (nSPS) is 13.9. The largest absolute Gasteiger partial charge is 0.347 e. The number of carbonyl (C=O) groups is 1. The first kappa shape index (κ1) is 12.7. The molecule has 0 bridgehead atoms. The van der Waals surface area contributed by atoms with Gasteiger partial charge < -0.3 is 11.1 Å². The fourth-order valence-electron chi connectivity index (χ4n) is 1.13. The Balaban J connectivity index is 2.63. The molecule has 2 atom stereocenters. The first-order valence-corrected chi connectivity index (χ1v) is 5.88. The zero-order chi connectivity index (χ0) is 12.1. The Hall–Kier alpha value is -1.38. The van der Waals surface area contributed by atoms with E-state index in [9.17, 15) is 4.79 Å². The van der Waals surface area contributed by atoms with Gasteiger partial charge in [0.05, 0.1) is 6.04 Å². The van der Waals surface area contributed by atoms with Gasteiger partial charge in [-0.2, -0.15) is 0 Å². The van der Waals surface area contributed by atoms with E-state index in [2.05, 4.69) is 16.2 Å². The second-order valence-electron chi connectivity index (χ2n) is 3.64. The lowest BCUT2D eigenvalue weighted by Gasteiger charge is -2.08. The van der Waals surface area contributed by atoms with Crippen molar-refractivity contribution >= 4 is 17.2 Å². The molecule has 2 unspecified atom stereocenters. The summed E-state index contributed by atoms with van der Waals surface area (Å²) in [4.78, 5) is 15.8. The lowest BCUT2D eigenvalue weighted by molar-refractivity contribution is 0.0936. The highest BCUT2D eigenvalue weighted by molar-refractivity contribution is 7.09. The zero-order valence-electron chi connectivity index (χ0n) is 9.36. The van der Waals surface area contributed by atoms with Crippen molar-refractivity contribution in [1.82, 2.24) is 10.3 Å². The number of carbonyl (C=O) groups excluding carboxylic acids is 1. The summed E-state index contributed by atoms with van der Waals surface area (Å²) in [6, 6.07) is -0.187. The van der Waals surface area contributed by atoms with Crippen LogP contribution < -0.4 is 11.1 Å². The number of rotatable bonds is 4. The molecule has 0 fully saturated rings. The number of thiazole rings is 1. The SMILES string of the molecule is C#CCC(C)NC(=O)c1csc(C(C)N)n1. The number of nitrogens with one attached hydrogen (secondary N) is 1. The fraction of sp³-hybridized carbons (Fsp3) is 0.455. The number of aromatic nitrogens is 1. The standard InChI is InChI=1S/C11H15N3OS/c1-4-5-7(2)13-10(15)9-6-16-11(14-9)8(3)12/h1,6-8H,5,12H2,2-3H3,(H,13,15). The molecule has 5 heteroatoms. The van der Waals surface area contributed by atoms with Crippen molar-refractivity contribution in [1.29, 1.82) is 0 Å². The minimum atomic E-state index is -0.203. The van der Waals surface area contributed by atoms with Gasteiger partial charge in [0.1, 0.15) is 10.7 Å². The molecule has 0 radical (unpaired) electrons. The second-order valence-corrected chi connectivity index (χ2v) is 4.53. The lowest BCUT2D eigenvalue weighted by Crippen LogP contribution is -2.32. The lowest BCUT2D eigenvalue weighted by atomic mass is 10.2. The number of amides is 1. The van der Waals surface area contributed by atoms with Crippen molar-refractivity contribution in [3.05, 3.63) is 16.1 Å². The minimum absolute atomic E-state index is 0.0436. The molecule has 0 saturated carbocycles. The van der Waals surface area contributed by atoms with Gasteiger partial charge in [0.2, 0.25) is 0 Å². The second kappa shape index (κ2) is 5.64. The Morgan fingerprint density at radius 3 is 2.94 bits per heavy atom. The van der Waals surface area contributed by atoms with E-state index < -0.39 is 0 Å². The summed E-state index contributed by atoms with van der Waals surface area (Å²) in [6.45, 7) is 3.69. The van der Waals surface area contributed by atoms with Crippen LogP contribution in [0.2, 0.25) is 0 Å². The molecule has 0 aliphatic rings. The summed E-state index contributed by atoms with van der Waals surface area (Å²) in [6.07, 6.45) is 5.67. The van der Waals surface area contributed by atoms with Crippen LogP contribution in [-0.4, -0.2) is 16.9 Å². The minimum Gasteiger partial charge on any atom is -0.347 e. The van der Waals surface area contributed by atoms with Crippen molar-refractivity contribution < 1.29 is 4.79 Å². The topological polar surface area (TPSA) is 68.0 Å². The Morgan fingerprint density at radius 1 is 1.75 bits per heavy atom. The van der Waals surface area contributed by atoms with Crippen molar-refractivity contribution in [3.63, 3.8) is 0 Å². The third kappa shape index (κ3) is 3.33. The van der Waals surface area contributed by atoms with E-state index in [1.165, 1.54) is 11.3 Å². The van der Waals surface area contributed by atoms with Crippen molar-refractivity contribution in [2.45, 2.75) is 32.4 Å². The summed E-state index contributed by atoms with van der Waals surface area (Å²) < 4.78 is 0. The molecule has 4 nitrogen and oxygen atoms in total. The van der Waals surface area contributed by atoms with E-state index in [-0.39, 0.29) is 18.0 Å². The van der Waals surface area contributed by atoms with Crippen LogP contribution in [0.25, 0.3) is 0 Å². The highest BCUT2D eigenvalue weighted by Gasteiger charge is 2.14. The Morgan fingerprint density at radius 2 is 2.44 bits per heavy atom. The van der Waals surface area contributed by atoms with Gasteiger partial charge in [-0.15, -0.1) is 23.7 Å². The molecule has 1 amide bonds. The summed E-state index contributed by atoms with van der Waals surface area (Å²) in [5.41, 5.74) is 6.07. The number of nitrogens with two attached hydrogens (primary N) is 1. The van der Waals surface area contributed by atoms with E-state index in [4.69, 9.17) is 12.2 Å². The first-order valence-electron chi connectivity index (χ1n) is 5.00. The first-order chi connectivity index (χ1) is 7.54. The van der Waals surface area contributed by atoms with Crippen LogP contribution in [0, 0.1) is 12.3 Å². The van der Waals surface area contributed by atoms with Crippen LogP contribution in [0.3, 0.4) is 0 Å². The van der Waals surface area contributed by atoms with Gasteiger partial charge in [0.25, 0.3) is 5.91 Å². The Kier molecular flexibility index (Phi) is 4.47. The van der Waals surface area contributed by atoms with Crippen molar-refractivity contribution in [2.75, 3.05) is 0 Å². The van der Waals surface area contributed by atoms with Gasteiger partial charge in [0.15, 0.2) is 0 Å². The molecular weight excluding hydrogens is 222 g/mol. The van der Waals surface area contributed by atoms with Gasteiger partial charge in [-0.3, -0.25) is 4.79 Å². The molecule has 16 heavy (non-hydrogen) atoms. The van der Waals surface area contributed by atoms with Crippen LogP contribution in [0.1, 0.15) is 41.8 Å². The molecule has 1 aromatic rings. The molecule has 1 rings (SSSR count). The molecule has 0 aromatic carbocycles. The highest BCUT2D eigenvalue weighted by atomic mass is 32.1. The van der Waals surface area contributed by atoms with E-state index in [1.54, 1.807) is 5.38 Å². The predicted molar refractivity (Wildman–Crippen MR) is 65.1 cm³/mol. The molecular formula is C11H15N3OS. The van der Waals surface area contributed by atoms with Crippen molar-refractivity contribution in [3.8, 4) is 12.3 Å². The molecule has 0 aliphatic carbocycles. The quantitative estimate of drug-likeness (QED) is 0.776. The fourth-order valence-corrected chi connectivity index (χ4v) is 1.88. The van der Waals surface area contributed by atoms with Gasteiger partial charge in [-0.25, -0.2) is 4.98 Å². The van der Waals surface area contributed by atoms with E-state index in [1.807, 2.05) is 13.8 Å². The van der Waals surface area contributed by atoms with Crippen LogP contribution in [0.5, 0.6) is 0 Å². The third-order valence-electron chi connectivity index (χ3n) is 1.95. The smallest absolute Gasteiger partial charge is 0.271 e. The maximum Gasteiger partial charge on any atom is 0.271 e. The molecule has 0 spiro atoms. The number of hydrogen-bond acceptors (Lipinski definition) is 4. The van der Waals surface area contributed by atoms with E-state index in [0.29, 0.717) is 12.1 Å². The summed E-state index contributed by atoms with van der Waals surface area (Å²) >= 11 is 1.39. The van der Waals surface area contributed by atoms with Gasteiger partial charge >= 0.3 is 0 Å². The summed E-state index contributed by atoms with van der Waals surface area (Å²) in [7, 11) is 0. The van der Waals surface area contributed by atoms with Gasteiger partial charge in [0, 0.05) is 17.8 Å². The monoisotopic (exact) mass is 237 g/mol. The van der Waals surface area contributed by atoms with Crippen LogP contribution in [0.15, 0.2) is 5.38 Å². The predicted octanol–water partition coefficient (Wildman–Crippen LogP) is 1.30. The van der Waals surface area contributed by atoms with Crippen LogP contribution >= 0.6 is 11.3 Å². The molecule has 86 valence electrons. The maximum atomic E-state index is 11.7. The number of hydrogen-bond donors (Lipinski definition) is 2. The Labute approximate surface area is 99.3 Å². The van der Waals surface area contributed by atoms with E-state index >= 15 is 0 Å². The molecule has 1 aromatic heterocycles. The van der Waals surface area contributed by atoms with Gasteiger partial charge in [-0.1, -0.05) is 0 Å². The number of nitrogens with zero attached hydrogens (tertiary/aromatic N) is 1. The number of terminal acetylenes is 1. The summed E-state index contributed by atoms with van der Waals surface area (Å²) in [5.74, 6) is 2.29. The molecule has 3 N–H and O–H groups in total. The Bertz CT molecular complexity index is 406. The average molecular weight is 237 g/mol. The highest BCUT2D eigenvalue weighted by Crippen LogP contribution is 2.15. The van der Waals surface area contributed by atoms with Crippen molar-refractivity contribution in [2.24, 2.45) is 5.73 Å². The maximum absolute atomic E-state index is 11.7. The average Bonchev–Trinajstić information content (AvgIpc) is 2.66. The molecule has 0 aliphatic heterocycles. The van der Waals surface area contributed by atoms with Crippen LogP contribution in [0.4, 0.5) is 0 Å². The summed E-state index contributed by atoms with van der Waals surface area (Å²) in [5, 5.41) is 5.24.